The molecule has 0 spiro atoms. The maximum absolute atomic E-state index is 12.5. The topological polar surface area (TPSA) is 55.9 Å². The number of carbonyl (C=O) groups is 1. The Labute approximate surface area is 157 Å². The summed E-state index contributed by atoms with van der Waals surface area (Å²) in [6.45, 7) is 4.39. The lowest BCUT2D eigenvalue weighted by molar-refractivity contribution is -0.920. The molecular formula is C20H23N2O3S+. The highest BCUT2D eigenvalue weighted by molar-refractivity contribution is 7.09. The van der Waals surface area contributed by atoms with Gasteiger partial charge in [-0.3, -0.25) is 4.79 Å². The Hall–Kier alpha value is -2.57. The standard InChI is InChI=1S/C20H22N2O3S/c1-2-24-17-9-7-16(8-10-17)21-20(23)15-22(13-18-5-3-11-25-18)14-19-6-4-12-26-19/h3-12H,2,13-15H2,1H3,(H,21,23)/p+1. The van der Waals surface area contributed by atoms with E-state index in [9.17, 15) is 4.79 Å². The number of carbonyl (C=O) groups excluding carboxylic acids is 1. The number of nitrogens with one attached hydrogen (secondary N) is 2. The van der Waals surface area contributed by atoms with Crippen LogP contribution in [0.15, 0.2) is 64.6 Å². The van der Waals surface area contributed by atoms with Crippen LogP contribution in [0.5, 0.6) is 5.75 Å². The smallest absolute Gasteiger partial charge is 0.279 e. The van der Waals surface area contributed by atoms with Crippen molar-refractivity contribution in [1.29, 1.82) is 0 Å². The Kier molecular flexibility index (Phi) is 6.46. The molecule has 5 nitrogen and oxygen atoms in total. The van der Waals surface area contributed by atoms with Crippen molar-refractivity contribution in [3.63, 3.8) is 0 Å². The molecule has 136 valence electrons. The Morgan fingerprint density at radius 3 is 2.65 bits per heavy atom. The third-order valence-electron chi connectivity index (χ3n) is 3.87. The molecule has 0 bridgehead atoms. The van der Waals surface area contributed by atoms with Crippen LogP contribution >= 0.6 is 11.3 Å². The molecule has 1 atom stereocenters. The van der Waals surface area contributed by atoms with Crippen LogP contribution in [-0.4, -0.2) is 19.1 Å². The fourth-order valence-electron chi connectivity index (χ4n) is 2.74. The molecule has 0 radical (unpaired) electrons. The molecule has 1 unspecified atom stereocenters. The first-order chi connectivity index (χ1) is 12.7. The molecule has 26 heavy (non-hydrogen) atoms. The fraction of sp³-hybridized carbons (Fsp3) is 0.250. The number of hydrogen-bond donors (Lipinski definition) is 2. The molecule has 1 amide bonds. The Bertz CT molecular complexity index is 747. The quantitative estimate of drug-likeness (QED) is 0.608. The third-order valence-corrected chi connectivity index (χ3v) is 4.74. The van der Waals surface area contributed by atoms with Gasteiger partial charge in [-0.1, -0.05) is 6.07 Å². The third kappa shape index (κ3) is 5.47. The molecule has 0 fully saturated rings. The van der Waals surface area contributed by atoms with Crippen molar-refractivity contribution in [3.05, 3.63) is 70.8 Å². The van der Waals surface area contributed by atoms with Crippen LogP contribution in [0.3, 0.4) is 0 Å². The molecule has 6 heteroatoms. The summed E-state index contributed by atoms with van der Waals surface area (Å²) in [7, 11) is 0. The Balaban J connectivity index is 1.60. The molecule has 1 aromatic carbocycles. The zero-order valence-electron chi connectivity index (χ0n) is 14.7. The van der Waals surface area contributed by atoms with E-state index < -0.39 is 0 Å². The maximum Gasteiger partial charge on any atom is 0.279 e. The molecule has 0 aliphatic carbocycles. The molecule has 0 aliphatic rings. The van der Waals surface area contributed by atoms with Crippen molar-refractivity contribution < 1.29 is 18.8 Å². The minimum atomic E-state index is -0.0210. The van der Waals surface area contributed by atoms with Crippen molar-refractivity contribution >= 4 is 22.9 Å². The number of furan rings is 1. The molecule has 2 N–H and O–H groups in total. The average Bonchev–Trinajstić information content (AvgIpc) is 3.31. The largest absolute Gasteiger partial charge is 0.494 e. The second kappa shape index (κ2) is 9.22. The predicted octanol–water partition coefficient (Wildman–Crippen LogP) is 2.96. The number of amides is 1. The molecule has 0 aliphatic heterocycles. The van der Waals surface area contributed by atoms with Gasteiger partial charge in [0.05, 0.1) is 17.7 Å². The normalized spacial score (nSPS) is 11.9. The summed E-state index contributed by atoms with van der Waals surface area (Å²) in [6, 6.07) is 15.4. The Morgan fingerprint density at radius 1 is 1.15 bits per heavy atom. The van der Waals surface area contributed by atoms with Crippen LogP contribution in [-0.2, 0) is 17.9 Å². The van der Waals surface area contributed by atoms with E-state index in [0.29, 0.717) is 19.7 Å². The predicted molar refractivity (Wildman–Crippen MR) is 103 cm³/mol. The average molecular weight is 371 g/mol. The molecule has 0 saturated heterocycles. The van der Waals surface area contributed by atoms with E-state index in [1.54, 1.807) is 17.6 Å². The van der Waals surface area contributed by atoms with Gasteiger partial charge in [0.15, 0.2) is 12.3 Å². The van der Waals surface area contributed by atoms with E-state index in [2.05, 4.69) is 16.8 Å². The van der Waals surface area contributed by atoms with Crippen LogP contribution in [0.1, 0.15) is 17.6 Å². The lowest BCUT2D eigenvalue weighted by Gasteiger charge is -2.17. The van der Waals surface area contributed by atoms with Gasteiger partial charge in [-0.15, -0.1) is 11.3 Å². The van der Waals surface area contributed by atoms with Crippen molar-refractivity contribution in [3.8, 4) is 5.75 Å². The van der Waals surface area contributed by atoms with Crippen molar-refractivity contribution in [2.75, 3.05) is 18.5 Å². The number of ether oxygens (including phenoxy) is 1. The fourth-order valence-corrected chi connectivity index (χ4v) is 3.52. The minimum absolute atomic E-state index is 0.0210. The van der Waals surface area contributed by atoms with Crippen molar-refractivity contribution in [1.82, 2.24) is 0 Å². The number of anilines is 1. The summed E-state index contributed by atoms with van der Waals surface area (Å²) in [5.41, 5.74) is 0.770. The first-order valence-corrected chi connectivity index (χ1v) is 9.52. The highest BCUT2D eigenvalue weighted by Gasteiger charge is 2.17. The number of thiophene rings is 1. The van der Waals surface area contributed by atoms with E-state index in [-0.39, 0.29) is 5.91 Å². The van der Waals surface area contributed by atoms with Gasteiger partial charge in [-0.2, -0.15) is 0 Å². The SMILES string of the molecule is CCOc1ccc(NC(=O)C[NH+](Cc2ccco2)Cc2cccs2)cc1. The highest BCUT2D eigenvalue weighted by atomic mass is 32.1. The second-order valence-electron chi connectivity index (χ2n) is 5.94. The van der Waals surface area contributed by atoms with Crippen LogP contribution in [0.4, 0.5) is 5.69 Å². The summed E-state index contributed by atoms with van der Waals surface area (Å²) in [6.07, 6.45) is 1.66. The van der Waals surface area contributed by atoms with Gasteiger partial charge < -0.3 is 19.4 Å². The van der Waals surface area contributed by atoms with Gasteiger partial charge in [-0.25, -0.2) is 0 Å². The molecule has 3 rings (SSSR count). The molecule has 0 saturated carbocycles. The van der Waals surface area contributed by atoms with Crippen LogP contribution in [0.25, 0.3) is 0 Å². The molecule has 2 aromatic heterocycles. The monoisotopic (exact) mass is 371 g/mol. The van der Waals surface area contributed by atoms with Gasteiger partial charge in [0.1, 0.15) is 18.8 Å². The first-order valence-electron chi connectivity index (χ1n) is 8.64. The van der Waals surface area contributed by atoms with Gasteiger partial charge >= 0.3 is 0 Å². The van der Waals surface area contributed by atoms with Crippen molar-refractivity contribution in [2.45, 2.75) is 20.0 Å². The van der Waals surface area contributed by atoms with Gasteiger partial charge in [0.2, 0.25) is 0 Å². The summed E-state index contributed by atoms with van der Waals surface area (Å²) < 4.78 is 10.9. The lowest BCUT2D eigenvalue weighted by atomic mass is 10.3. The summed E-state index contributed by atoms with van der Waals surface area (Å²) in [5.74, 6) is 1.66. The van der Waals surface area contributed by atoms with E-state index >= 15 is 0 Å². The lowest BCUT2D eigenvalue weighted by Crippen LogP contribution is -3.10. The van der Waals surface area contributed by atoms with Crippen LogP contribution in [0, 0.1) is 0 Å². The second-order valence-corrected chi connectivity index (χ2v) is 6.98. The van der Waals surface area contributed by atoms with Gasteiger partial charge in [-0.05, 0) is 54.8 Å². The maximum atomic E-state index is 12.5. The number of quaternary nitrogens is 1. The Morgan fingerprint density at radius 2 is 2.00 bits per heavy atom. The van der Waals surface area contributed by atoms with E-state index in [0.717, 1.165) is 28.6 Å². The van der Waals surface area contributed by atoms with E-state index in [1.165, 1.54) is 4.88 Å². The van der Waals surface area contributed by atoms with E-state index in [4.69, 9.17) is 9.15 Å². The van der Waals surface area contributed by atoms with Gasteiger partial charge in [0.25, 0.3) is 5.91 Å². The number of hydrogen-bond acceptors (Lipinski definition) is 4. The summed E-state index contributed by atoms with van der Waals surface area (Å²) in [4.78, 5) is 14.9. The highest BCUT2D eigenvalue weighted by Crippen LogP contribution is 2.15. The van der Waals surface area contributed by atoms with Gasteiger partial charge in [0, 0.05) is 5.69 Å². The zero-order valence-corrected chi connectivity index (χ0v) is 15.6. The molecule has 3 aromatic rings. The van der Waals surface area contributed by atoms with Crippen molar-refractivity contribution in [2.24, 2.45) is 0 Å². The summed E-state index contributed by atoms with van der Waals surface area (Å²) >= 11 is 1.70. The first kappa shape index (κ1) is 18.2. The minimum Gasteiger partial charge on any atom is -0.494 e. The molecule has 2 heterocycles. The number of benzene rings is 1. The van der Waals surface area contributed by atoms with Crippen LogP contribution in [0.2, 0.25) is 0 Å². The zero-order chi connectivity index (χ0) is 18.2. The van der Waals surface area contributed by atoms with Crippen LogP contribution < -0.4 is 15.0 Å². The number of rotatable bonds is 9. The summed E-state index contributed by atoms with van der Waals surface area (Å²) in [5, 5.41) is 5.01. The van der Waals surface area contributed by atoms with E-state index in [1.807, 2.05) is 49.4 Å². The molecular weight excluding hydrogens is 348 g/mol.